The van der Waals surface area contributed by atoms with Crippen molar-refractivity contribution < 1.29 is 9.15 Å². The molecule has 1 saturated heterocycles. The molecular weight excluding hydrogens is 144 g/mol. The lowest BCUT2D eigenvalue weighted by Crippen LogP contribution is -2.34. The van der Waals surface area contributed by atoms with Gasteiger partial charge in [0, 0.05) is 6.54 Å². The standard InChI is InChI=1S/C7H10N2O2/c1-3-10-5-6(8-1)7-9-2-4-11-7/h2,4,6,8H,1,3,5H2. The normalized spacial score (nSPS) is 25.3. The number of hydrogen-bond donors (Lipinski definition) is 1. The van der Waals surface area contributed by atoms with Gasteiger partial charge in [0.25, 0.3) is 0 Å². The molecule has 1 fully saturated rings. The lowest BCUT2D eigenvalue weighted by molar-refractivity contribution is 0.0681. The molecule has 1 atom stereocenters. The van der Waals surface area contributed by atoms with Gasteiger partial charge in [-0.3, -0.25) is 0 Å². The van der Waals surface area contributed by atoms with Crippen molar-refractivity contribution in [1.82, 2.24) is 10.3 Å². The minimum Gasteiger partial charge on any atom is -0.447 e. The fourth-order valence-electron chi connectivity index (χ4n) is 1.13. The second-order valence-electron chi connectivity index (χ2n) is 2.45. The highest BCUT2D eigenvalue weighted by molar-refractivity contribution is 4.91. The van der Waals surface area contributed by atoms with Crippen LogP contribution in [0.2, 0.25) is 0 Å². The summed E-state index contributed by atoms with van der Waals surface area (Å²) in [5.41, 5.74) is 0. The van der Waals surface area contributed by atoms with Crippen LogP contribution in [0.5, 0.6) is 0 Å². The summed E-state index contributed by atoms with van der Waals surface area (Å²) >= 11 is 0. The summed E-state index contributed by atoms with van der Waals surface area (Å²) in [4.78, 5) is 4.03. The molecule has 4 nitrogen and oxygen atoms in total. The van der Waals surface area contributed by atoms with E-state index < -0.39 is 0 Å². The molecule has 0 saturated carbocycles. The highest BCUT2D eigenvalue weighted by atomic mass is 16.5. The first-order valence-corrected chi connectivity index (χ1v) is 3.67. The Morgan fingerprint density at radius 2 is 2.64 bits per heavy atom. The van der Waals surface area contributed by atoms with Crippen LogP contribution in [-0.2, 0) is 4.74 Å². The van der Waals surface area contributed by atoms with Gasteiger partial charge in [0.2, 0.25) is 5.89 Å². The maximum absolute atomic E-state index is 5.24. The van der Waals surface area contributed by atoms with Gasteiger partial charge in [-0.15, -0.1) is 0 Å². The van der Waals surface area contributed by atoms with Crippen LogP contribution in [0, 0.1) is 0 Å². The Morgan fingerprint density at radius 1 is 1.64 bits per heavy atom. The first-order valence-electron chi connectivity index (χ1n) is 3.67. The SMILES string of the molecule is c1coc(C2COCCN2)n1. The van der Waals surface area contributed by atoms with Crippen molar-refractivity contribution >= 4 is 0 Å². The third kappa shape index (κ3) is 1.41. The van der Waals surface area contributed by atoms with Crippen molar-refractivity contribution in [3.05, 3.63) is 18.4 Å². The van der Waals surface area contributed by atoms with Crippen LogP contribution in [0.4, 0.5) is 0 Å². The fraction of sp³-hybridized carbons (Fsp3) is 0.571. The molecule has 0 aliphatic carbocycles. The number of nitrogens with zero attached hydrogens (tertiary/aromatic N) is 1. The number of oxazole rings is 1. The molecule has 4 heteroatoms. The van der Waals surface area contributed by atoms with Crippen LogP contribution < -0.4 is 5.32 Å². The summed E-state index contributed by atoms with van der Waals surface area (Å²) in [5, 5.41) is 3.24. The topological polar surface area (TPSA) is 47.3 Å². The summed E-state index contributed by atoms with van der Waals surface area (Å²) in [6.07, 6.45) is 3.22. The lowest BCUT2D eigenvalue weighted by Gasteiger charge is -2.20. The van der Waals surface area contributed by atoms with E-state index in [0.29, 0.717) is 12.5 Å². The van der Waals surface area contributed by atoms with Crippen LogP contribution in [0.15, 0.2) is 16.9 Å². The third-order valence-electron chi connectivity index (χ3n) is 1.67. The number of morpholine rings is 1. The van der Waals surface area contributed by atoms with Crippen LogP contribution in [0.1, 0.15) is 11.9 Å². The Labute approximate surface area is 64.6 Å². The molecule has 0 bridgehead atoms. The summed E-state index contributed by atoms with van der Waals surface area (Å²) in [5.74, 6) is 0.713. The van der Waals surface area contributed by atoms with Gasteiger partial charge in [-0.2, -0.15) is 0 Å². The Morgan fingerprint density at radius 3 is 3.27 bits per heavy atom. The highest BCUT2D eigenvalue weighted by Gasteiger charge is 2.18. The summed E-state index contributed by atoms with van der Waals surface area (Å²) < 4.78 is 10.4. The van der Waals surface area contributed by atoms with Crippen LogP contribution in [0.3, 0.4) is 0 Å². The Kier molecular flexibility index (Phi) is 1.87. The maximum atomic E-state index is 5.24. The van der Waals surface area contributed by atoms with Crippen LogP contribution >= 0.6 is 0 Å². The molecule has 60 valence electrons. The molecule has 1 aliphatic rings. The van der Waals surface area contributed by atoms with E-state index in [2.05, 4.69) is 10.3 Å². The average Bonchev–Trinajstić information content (AvgIpc) is 2.58. The van der Waals surface area contributed by atoms with Gasteiger partial charge < -0.3 is 14.5 Å². The molecule has 1 aliphatic heterocycles. The Hall–Kier alpha value is -0.870. The van der Waals surface area contributed by atoms with E-state index in [4.69, 9.17) is 9.15 Å². The molecule has 1 aromatic rings. The number of nitrogens with one attached hydrogen (secondary N) is 1. The quantitative estimate of drug-likeness (QED) is 0.633. The zero-order chi connectivity index (χ0) is 7.52. The zero-order valence-electron chi connectivity index (χ0n) is 6.12. The van der Waals surface area contributed by atoms with E-state index in [0.717, 1.165) is 13.2 Å². The van der Waals surface area contributed by atoms with Crippen molar-refractivity contribution in [3.8, 4) is 0 Å². The third-order valence-corrected chi connectivity index (χ3v) is 1.67. The zero-order valence-corrected chi connectivity index (χ0v) is 6.12. The number of aromatic nitrogens is 1. The molecule has 0 amide bonds. The van der Waals surface area contributed by atoms with Gasteiger partial charge in [0.1, 0.15) is 12.3 Å². The van der Waals surface area contributed by atoms with E-state index >= 15 is 0 Å². The number of ether oxygens (including phenoxy) is 1. The van der Waals surface area contributed by atoms with Crippen LogP contribution in [-0.4, -0.2) is 24.7 Å². The molecule has 0 radical (unpaired) electrons. The molecule has 1 aromatic heterocycles. The van der Waals surface area contributed by atoms with Gasteiger partial charge in [-0.1, -0.05) is 0 Å². The van der Waals surface area contributed by atoms with E-state index in [1.54, 1.807) is 12.5 Å². The summed E-state index contributed by atoms with van der Waals surface area (Å²) in [6, 6.07) is 0.138. The molecule has 1 N–H and O–H groups in total. The Bertz CT molecular complexity index is 204. The van der Waals surface area contributed by atoms with Gasteiger partial charge in [-0.05, 0) is 0 Å². The molecular formula is C7H10N2O2. The summed E-state index contributed by atoms with van der Waals surface area (Å²) in [7, 11) is 0. The minimum atomic E-state index is 0.138. The van der Waals surface area contributed by atoms with E-state index in [-0.39, 0.29) is 6.04 Å². The van der Waals surface area contributed by atoms with Crippen molar-refractivity contribution in [1.29, 1.82) is 0 Å². The largest absolute Gasteiger partial charge is 0.447 e. The number of rotatable bonds is 1. The second kappa shape index (κ2) is 3.02. The molecule has 0 spiro atoms. The van der Waals surface area contributed by atoms with E-state index in [9.17, 15) is 0 Å². The first kappa shape index (κ1) is 6.82. The molecule has 2 rings (SSSR count). The van der Waals surface area contributed by atoms with Gasteiger partial charge in [-0.25, -0.2) is 4.98 Å². The van der Waals surface area contributed by atoms with Crippen LogP contribution in [0.25, 0.3) is 0 Å². The maximum Gasteiger partial charge on any atom is 0.213 e. The smallest absolute Gasteiger partial charge is 0.213 e. The minimum absolute atomic E-state index is 0.138. The monoisotopic (exact) mass is 154 g/mol. The first-order chi connectivity index (χ1) is 5.47. The Balaban J connectivity index is 2.04. The fourth-order valence-corrected chi connectivity index (χ4v) is 1.13. The predicted octanol–water partition coefficient (Wildman–Crippen LogP) is 0.335. The van der Waals surface area contributed by atoms with Crippen molar-refractivity contribution in [2.45, 2.75) is 6.04 Å². The van der Waals surface area contributed by atoms with Gasteiger partial charge in [0.15, 0.2) is 0 Å². The average molecular weight is 154 g/mol. The molecule has 1 unspecified atom stereocenters. The predicted molar refractivity (Wildman–Crippen MR) is 38.1 cm³/mol. The molecule has 2 heterocycles. The second-order valence-corrected chi connectivity index (χ2v) is 2.45. The highest BCUT2D eigenvalue weighted by Crippen LogP contribution is 2.12. The van der Waals surface area contributed by atoms with Crippen molar-refractivity contribution in [2.24, 2.45) is 0 Å². The van der Waals surface area contributed by atoms with Gasteiger partial charge in [0.05, 0.1) is 19.4 Å². The lowest BCUT2D eigenvalue weighted by atomic mass is 10.3. The van der Waals surface area contributed by atoms with Gasteiger partial charge >= 0.3 is 0 Å². The van der Waals surface area contributed by atoms with Crippen molar-refractivity contribution in [3.63, 3.8) is 0 Å². The van der Waals surface area contributed by atoms with E-state index in [1.165, 1.54) is 0 Å². The molecule has 11 heavy (non-hydrogen) atoms. The summed E-state index contributed by atoms with van der Waals surface area (Å²) in [6.45, 7) is 2.30. The van der Waals surface area contributed by atoms with Crippen molar-refractivity contribution in [2.75, 3.05) is 19.8 Å². The van der Waals surface area contributed by atoms with E-state index in [1.807, 2.05) is 0 Å². The molecule has 0 aromatic carbocycles. The number of hydrogen-bond acceptors (Lipinski definition) is 4.